The van der Waals surface area contributed by atoms with Crippen molar-refractivity contribution in [3.63, 3.8) is 0 Å². The number of morpholine rings is 1. The lowest BCUT2D eigenvalue weighted by Gasteiger charge is -2.38. The summed E-state index contributed by atoms with van der Waals surface area (Å²) in [6, 6.07) is 5.99. The largest absolute Gasteiger partial charge is 0.385 e. The quantitative estimate of drug-likeness (QED) is 0.854. The molecule has 0 radical (unpaired) electrons. The number of carbonyl (C=O) groups is 1. The number of ether oxygens (including phenoxy) is 1. The first-order valence-corrected chi connectivity index (χ1v) is 7.36. The van der Waals surface area contributed by atoms with Gasteiger partial charge < -0.3 is 15.0 Å². The van der Waals surface area contributed by atoms with Crippen LogP contribution in [0.5, 0.6) is 0 Å². The molecule has 3 rings (SSSR count). The zero-order valence-electron chi connectivity index (χ0n) is 12.2. The summed E-state index contributed by atoms with van der Waals surface area (Å²) in [5.41, 5.74) is 2.90. The van der Waals surface area contributed by atoms with Crippen LogP contribution in [0.25, 0.3) is 0 Å². The topological polar surface area (TPSA) is 41.6 Å². The molecular weight excluding hydrogens is 252 g/mol. The van der Waals surface area contributed by atoms with E-state index in [1.807, 2.05) is 30.9 Å². The van der Waals surface area contributed by atoms with Gasteiger partial charge in [0, 0.05) is 30.9 Å². The molecule has 1 saturated heterocycles. The Balaban J connectivity index is 1.87. The van der Waals surface area contributed by atoms with Crippen molar-refractivity contribution in [2.75, 3.05) is 31.6 Å². The minimum Gasteiger partial charge on any atom is -0.385 e. The van der Waals surface area contributed by atoms with Crippen LogP contribution in [-0.2, 0) is 11.2 Å². The number of carbonyl (C=O) groups excluding carboxylic acids is 1. The Morgan fingerprint density at radius 1 is 1.40 bits per heavy atom. The summed E-state index contributed by atoms with van der Waals surface area (Å²) in [7, 11) is 0. The van der Waals surface area contributed by atoms with E-state index in [2.05, 4.69) is 11.4 Å². The van der Waals surface area contributed by atoms with Crippen LogP contribution in [-0.4, -0.2) is 42.6 Å². The molecule has 0 bridgehead atoms. The number of benzene rings is 1. The van der Waals surface area contributed by atoms with Gasteiger partial charge in [-0.05, 0) is 44.4 Å². The molecule has 20 heavy (non-hydrogen) atoms. The zero-order chi connectivity index (χ0) is 14.2. The summed E-state index contributed by atoms with van der Waals surface area (Å²) < 4.78 is 5.69. The molecule has 2 aliphatic heterocycles. The molecule has 4 heteroatoms. The first-order valence-electron chi connectivity index (χ1n) is 7.36. The van der Waals surface area contributed by atoms with E-state index >= 15 is 0 Å². The predicted octanol–water partition coefficient (Wildman–Crippen LogP) is 2.30. The van der Waals surface area contributed by atoms with Crippen LogP contribution in [0.3, 0.4) is 0 Å². The molecule has 0 spiro atoms. The molecule has 0 unspecified atom stereocenters. The third kappa shape index (κ3) is 2.52. The summed E-state index contributed by atoms with van der Waals surface area (Å²) in [5, 5.41) is 3.38. The second-order valence-corrected chi connectivity index (χ2v) is 6.20. The molecule has 108 valence electrons. The average molecular weight is 274 g/mol. The number of rotatable bonds is 1. The van der Waals surface area contributed by atoms with Gasteiger partial charge in [-0.25, -0.2) is 0 Å². The molecule has 1 aromatic carbocycles. The number of anilines is 1. The van der Waals surface area contributed by atoms with Crippen molar-refractivity contribution >= 4 is 11.6 Å². The normalized spacial score (nSPS) is 21.0. The molecule has 2 aliphatic rings. The van der Waals surface area contributed by atoms with Crippen molar-refractivity contribution in [1.82, 2.24) is 4.90 Å². The van der Waals surface area contributed by atoms with Crippen LogP contribution in [0.2, 0.25) is 0 Å². The van der Waals surface area contributed by atoms with Gasteiger partial charge in [-0.1, -0.05) is 6.07 Å². The van der Waals surface area contributed by atoms with Gasteiger partial charge in [0.25, 0.3) is 5.91 Å². The number of fused-ring (bicyclic) bond motifs is 1. The van der Waals surface area contributed by atoms with Gasteiger partial charge in [0.05, 0.1) is 12.2 Å². The average Bonchev–Trinajstić information content (AvgIpc) is 2.45. The van der Waals surface area contributed by atoms with Crippen LogP contribution in [0.1, 0.15) is 36.2 Å². The van der Waals surface area contributed by atoms with Gasteiger partial charge in [-0.2, -0.15) is 0 Å². The lowest BCUT2D eigenvalue weighted by Crippen LogP contribution is -2.50. The highest BCUT2D eigenvalue weighted by Gasteiger charge is 2.31. The highest BCUT2D eigenvalue weighted by Crippen LogP contribution is 2.27. The zero-order valence-corrected chi connectivity index (χ0v) is 12.2. The molecule has 0 aromatic heterocycles. The summed E-state index contributed by atoms with van der Waals surface area (Å²) >= 11 is 0. The Labute approximate surface area is 120 Å². The molecule has 0 aliphatic carbocycles. The van der Waals surface area contributed by atoms with E-state index in [9.17, 15) is 4.79 Å². The molecule has 0 atom stereocenters. The first-order chi connectivity index (χ1) is 9.57. The van der Waals surface area contributed by atoms with Crippen LogP contribution in [0.15, 0.2) is 18.2 Å². The van der Waals surface area contributed by atoms with Crippen molar-refractivity contribution in [3.8, 4) is 0 Å². The predicted molar refractivity (Wildman–Crippen MR) is 79.2 cm³/mol. The van der Waals surface area contributed by atoms with Crippen molar-refractivity contribution in [1.29, 1.82) is 0 Å². The van der Waals surface area contributed by atoms with Crippen molar-refractivity contribution in [2.45, 2.75) is 32.3 Å². The minimum atomic E-state index is -0.249. The number of nitrogens with one attached hydrogen (secondary N) is 1. The lowest BCUT2D eigenvalue weighted by atomic mass is 9.96. The fourth-order valence-corrected chi connectivity index (χ4v) is 3.07. The maximum Gasteiger partial charge on any atom is 0.254 e. The molecule has 2 heterocycles. The standard InChI is InChI=1S/C16H22N2O2/c1-16(2)11-18(9-10-20-16)15(19)13-5-3-7-14-12(13)6-4-8-17-14/h3,5,7,17H,4,6,8-11H2,1-2H3. The van der Waals surface area contributed by atoms with Crippen LogP contribution >= 0.6 is 0 Å². The third-order valence-corrected chi connectivity index (χ3v) is 4.04. The number of hydrogen-bond acceptors (Lipinski definition) is 3. The van der Waals surface area contributed by atoms with Crippen LogP contribution in [0.4, 0.5) is 5.69 Å². The van der Waals surface area contributed by atoms with Crippen LogP contribution < -0.4 is 5.32 Å². The Morgan fingerprint density at radius 3 is 3.05 bits per heavy atom. The van der Waals surface area contributed by atoms with Gasteiger partial charge in [0.15, 0.2) is 0 Å². The lowest BCUT2D eigenvalue weighted by molar-refractivity contribution is -0.0764. The molecule has 1 N–H and O–H groups in total. The summed E-state index contributed by atoms with van der Waals surface area (Å²) in [6.45, 7) is 7.02. The fourth-order valence-electron chi connectivity index (χ4n) is 3.07. The highest BCUT2D eigenvalue weighted by atomic mass is 16.5. The fraction of sp³-hybridized carbons (Fsp3) is 0.562. The van der Waals surface area contributed by atoms with Crippen molar-refractivity contribution in [2.24, 2.45) is 0 Å². The molecule has 0 saturated carbocycles. The van der Waals surface area contributed by atoms with Crippen molar-refractivity contribution in [3.05, 3.63) is 29.3 Å². The third-order valence-electron chi connectivity index (χ3n) is 4.04. The van der Waals surface area contributed by atoms with Gasteiger partial charge in [-0.15, -0.1) is 0 Å². The van der Waals surface area contributed by atoms with Gasteiger partial charge in [-0.3, -0.25) is 4.79 Å². The van der Waals surface area contributed by atoms with E-state index in [1.165, 1.54) is 5.56 Å². The molecule has 1 fully saturated rings. The van der Waals surface area contributed by atoms with E-state index in [1.54, 1.807) is 0 Å². The molecule has 1 aromatic rings. The number of hydrogen-bond donors (Lipinski definition) is 1. The van der Waals surface area contributed by atoms with Gasteiger partial charge in [0.2, 0.25) is 0 Å². The van der Waals surface area contributed by atoms with E-state index in [-0.39, 0.29) is 11.5 Å². The highest BCUT2D eigenvalue weighted by molar-refractivity contribution is 5.97. The summed E-state index contributed by atoms with van der Waals surface area (Å²) in [4.78, 5) is 14.7. The van der Waals surface area contributed by atoms with Gasteiger partial charge >= 0.3 is 0 Å². The maximum atomic E-state index is 12.8. The smallest absolute Gasteiger partial charge is 0.254 e. The Hall–Kier alpha value is -1.55. The number of nitrogens with zero attached hydrogens (tertiary/aromatic N) is 1. The first kappa shape index (κ1) is 13.4. The Morgan fingerprint density at radius 2 is 2.25 bits per heavy atom. The van der Waals surface area contributed by atoms with E-state index < -0.39 is 0 Å². The van der Waals surface area contributed by atoms with E-state index in [4.69, 9.17) is 4.74 Å². The van der Waals surface area contributed by atoms with Crippen molar-refractivity contribution < 1.29 is 9.53 Å². The second-order valence-electron chi connectivity index (χ2n) is 6.20. The van der Waals surface area contributed by atoms with E-state index in [0.717, 1.165) is 30.6 Å². The Bertz CT molecular complexity index is 525. The minimum absolute atomic E-state index is 0.141. The number of amides is 1. The molecule has 1 amide bonds. The maximum absolute atomic E-state index is 12.8. The molecular formula is C16H22N2O2. The second kappa shape index (κ2) is 5.09. The summed E-state index contributed by atoms with van der Waals surface area (Å²) in [5.74, 6) is 0.141. The monoisotopic (exact) mass is 274 g/mol. The van der Waals surface area contributed by atoms with Crippen LogP contribution in [0, 0.1) is 0 Å². The van der Waals surface area contributed by atoms with Gasteiger partial charge in [0.1, 0.15) is 0 Å². The molecule has 4 nitrogen and oxygen atoms in total. The van der Waals surface area contributed by atoms with E-state index in [0.29, 0.717) is 19.7 Å². The SMILES string of the molecule is CC1(C)CN(C(=O)c2cccc3c2CCCN3)CCO1. The Kier molecular flexibility index (Phi) is 3.42. The summed E-state index contributed by atoms with van der Waals surface area (Å²) in [6.07, 6.45) is 2.07.